The molecule has 0 spiro atoms. The molecule has 0 amide bonds. The molecule has 3 N–H and O–H groups in total. The first kappa shape index (κ1) is 14.6. The Hall–Kier alpha value is -1.78. The molecule has 0 radical (unpaired) electrons. The van der Waals surface area contributed by atoms with E-state index < -0.39 is 10.0 Å². The van der Waals surface area contributed by atoms with E-state index in [1.54, 1.807) is 12.1 Å². The van der Waals surface area contributed by atoms with Gasteiger partial charge in [-0.15, -0.1) is 0 Å². The van der Waals surface area contributed by atoms with Crippen LogP contribution in [-0.4, -0.2) is 28.1 Å². The fraction of sp³-hybridized carbons (Fsp3) is 0.462. The van der Waals surface area contributed by atoms with Gasteiger partial charge in [-0.2, -0.15) is 5.26 Å². The Labute approximate surface area is 119 Å². The van der Waals surface area contributed by atoms with E-state index in [9.17, 15) is 8.42 Å². The average molecular weight is 294 g/mol. The van der Waals surface area contributed by atoms with Crippen LogP contribution in [-0.2, 0) is 10.0 Å². The van der Waals surface area contributed by atoms with E-state index in [0.29, 0.717) is 19.0 Å². The molecule has 1 aromatic carbocycles. The third-order valence-electron chi connectivity index (χ3n) is 3.34. The summed E-state index contributed by atoms with van der Waals surface area (Å²) in [6.45, 7) is 0.638. The van der Waals surface area contributed by atoms with E-state index in [4.69, 9.17) is 11.0 Å². The standard InChI is InChI=1S/C13H18N4O2S/c1-16-20(18,19)13-6-5-11(9-12(13)15)17(8-2-7-14)10-3-4-10/h5-6,9-10,16H,2-4,8,15H2,1H3. The summed E-state index contributed by atoms with van der Waals surface area (Å²) in [6, 6.07) is 7.50. The number of nitrogens with two attached hydrogens (primary N) is 1. The van der Waals surface area contributed by atoms with E-state index in [1.807, 2.05) is 0 Å². The molecule has 1 aliphatic carbocycles. The lowest BCUT2D eigenvalue weighted by atomic mass is 10.2. The van der Waals surface area contributed by atoms with Gasteiger partial charge in [0.05, 0.1) is 18.2 Å². The van der Waals surface area contributed by atoms with E-state index in [2.05, 4.69) is 15.7 Å². The Balaban J connectivity index is 2.30. The van der Waals surface area contributed by atoms with Gasteiger partial charge >= 0.3 is 0 Å². The van der Waals surface area contributed by atoms with E-state index in [-0.39, 0.29) is 10.6 Å². The molecule has 1 aliphatic rings. The highest BCUT2D eigenvalue weighted by molar-refractivity contribution is 7.89. The predicted octanol–water partition coefficient (Wildman–Crippen LogP) is 1.06. The molecule has 1 saturated carbocycles. The van der Waals surface area contributed by atoms with Gasteiger partial charge in [0.15, 0.2) is 0 Å². The second-order valence-corrected chi connectivity index (χ2v) is 6.62. The van der Waals surface area contributed by atoms with Crippen LogP contribution in [0.4, 0.5) is 11.4 Å². The first-order valence-corrected chi connectivity index (χ1v) is 7.94. The summed E-state index contributed by atoms with van der Waals surface area (Å²) in [6.07, 6.45) is 2.64. The second-order valence-electron chi connectivity index (χ2n) is 4.76. The Morgan fingerprint density at radius 3 is 2.70 bits per heavy atom. The SMILES string of the molecule is CNS(=O)(=O)c1ccc(N(CCC#N)C2CC2)cc1N. The lowest BCUT2D eigenvalue weighted by Crippen LogP contribution is -2.27. The molecule has 0 aromatic heterocycles. The lowest BCUT2D eigenvalue weighted by molar-refractivity contribution is 0.588. The van der Waals surface area contributed by atoms with Gasteiger partial charge in [-0.1, -0.05) is 0 Å². The predicted molar refractivity (Wildman–Crippen MR) is 77.7 cm³/mol. The van der Waals surface area contributed by atoms with E-state index in [0.717, 1.165) is 18.5 Å². The number of anilines is 2. The van der Waals surface area contributed by atoms with Crippen LogP contribution in [0.1, 0.15) is 19.3 Å². The van der Waals surface area contributed by atoms with Gasteiger partial charge < -0.3 is 10.6 Å². The maximum atomic E-state index is 11.8. The molecule has 1 fully saturated rings. The molecule has 0 atom stereocenters. The van der Waals surface area contributed by atoms with Gasteiger partial charge in [0.1, 0.15) is 4.90 Å². The van der Waals surface area contributed by atoms with Crippen LogP contribution >= 0.6 is 0 Å². The van der Waals surface area contributed by atoms with Crippen molar-refractivity contribution in [2.45, 2.75) is 30.2 Å². The van der Waals surface area contributed by atoms with Crippen molar-refractivity contribution < 1.29 is 8.42 Å². The highest BCUT2D eigenvalue weighted by Gasteiger charge is 2.29. The molecule has 2 rings (SSSR count). The summed E-state index contributed by atoms with van der Waals surface area (Å²) >= 11 is 0. The second kappa shape index (κ2) is 5.69. The summed E-state index contributed by atoms with van der Waals surface area (Å²) < 4.78 is 25.8. The Kier molecular flexibility index (Phi) is 4.16. The Morgan fingerprint density at radius 2 is 2.20 bits per heavy atom. The van der Waals surface area contributed by atoms with Gasteiger partial charge in [-0.3, -0.25) is 0 Å². The van der Waals surface area contributed by atoms with Crippen LogP contribution in [0.3, 0.4) is 0 Å². The van der Waals surface area contributed by atoms with Crippen molar-refractivity contribution >= 4 is 21.4 Å². The Morgan fingerprint density at radius 1 is 1.50 bits per heavy atom. The number of hydrogen-bond acceptors (Lipinski definition) is 5. The van der Waals surface area contributed by atoms with Gasteiger partial charge in [-0.05, 0) is 38.1 Å². The van der Waals surface area contributed by atoms with Crippen LogP contribution < -0.4 is 15.4 Å². The van der Waals surface area contributed by atoms with Crippen molar-refractivity contribution in [1.29, 1.82) is 5.26 Å². The molecular formula is C13H18N4O2S. The van der Waals surface area contributed by atoms with Gasteiger partial charge in [0, 0.05) is 18.3 Å². The maximum absolute atomic E-state index is 11.8. The molecule has 1 aromatic rings. The smallest absolute Gasteiger partial charge is 0.242 e. The van der Waals surface area contributed by atoms with Crippen molar-refractivity contribution in [2.24, 2.45) is 0 Å². The third kappa shape index (κ3) is 3.03. The van der Waals surface area contributed by atoms with Gasteiger partial charge in [0.2, 0.25) is 10.0 Å². The molecule has 0 heterocycles. The van der Waals surface area contributed by atoms with Crippen molar-refractivity contribution in [3.05, 3.63) is 18.2 Å². The first-order chi connectivity index (χ1) is 9.49. The summed E-state index contributed by atoms with van der Waals surface area (Å²) in [5.41, 5.74) is 6.95. The number of nitrogens with one attached hydrogen (secondary N) is 1. The zero-order valence-corrected chi connectivity index (χ0v) is 12.2. The van der Waals surface area contributed by atoms with Gasteiger partial charge in [0.25, 0.3) is 0 Å². The van der Waals surface area contributed by atoms with Crippen LogP contribution in [0.15, 0.2) is 23.1 Å². The fourth-order valence-electron chi connectivity index (χ4n) is 2.15. The molecule has 0 unspecified atom stereocenters. The number of nitriles is 1. The van der Waals surface area contributed by atoms with Crippen LogP contribution in [0.25, 0.3) is 0 Å². The van der Waals surface area contributed by atoms with Crippen molar-refractivity contribution in [2.75, 3.05) is 24.2 Å². The monoisotopic (exact) mass is 294 g/mol. The number of hydrogen-bond donors (Lipinski definition) is 2. The fourth-order valence-corrected chi connectivity index (χ4v) is 2.98. The van der Waals surface area contributed by atoms with Crippen LogP contribution in [0, 0.1) is 11.3 Å². The molecule has 0 aliphatic heterocycles. The summed E-state index contributed by atoms with van der Waals surface area (Å²) in [4.78, 5) is 2.20. The largest absolute Gasteiger partial charge is 0.398 e. The maximum Gasteiger partial charge on any atom is 0.242 e. The third-order valence-corrected chi connectivity index (χ3v) is 4.82. The minimum atomic E-state index is -3.54. The number of sulfonamides is 1. The molecular weight excluding hydrogens is 276 g/mol. The van der Waals surface area contributed by atoms with Crippen LogP contribution in [0.5, 0.6) is 0 Å². The molecule has 7 heteroatoms. The zero-order valence-electron chi connectivity index (χ0n) is 11.3. The minimum absolute atomic E-state index is 0.0831. The summed E-state index contributed by atoms with van der Waals surface area (Å²) in [5, 5.41) is 8.71. The average Bonchev–Trinajstić information content (AvgIpc) is 3.23. The quantitative estimate of drug-likeness (QED) is 0.764. The molecule has 20 heavy (non-hydrogen) atoms. The summed E-state index contributed by atoms with van der Waals surface area (Å²) in [5.74, 6) is 0. The molecule has 108 valence electrons. The highest BCUT2D eigenvalue weighted by Crippen LogP contribution is 2.34. The van der Waals surface area contributed by atoms with Gasteiger partial charge in [-0.25, -0.2) is 13.1 Å². The van der Waals surface area contributed by atoms with Crippen LogP contribution in [0.2, 0.25) is 0 Å². The number of benzene rings is 1. The zero-order chi connectivity index (χ0) is 14.8. The topological polar surface area (TPSA) is 99.2 Å². The van der Waals surface area contributed by atoms with E-state index >= 15 is 0 Å². The van der Waals surface area contributed by atoms with E-state index in [1.165, 1.54) is 13.1 Å². The molecule has 0 bridgehead atoms. The first-order valence-electron chi connectivity index (χ1n) is 6.46. The number of nitrogen functional groups attached to an aromatic ring is 1. The normalized spacial score (nSPS) is 14.8. The number of rotatable bonds is 6. The van der Waals surface area contributed by atoms with Crippen molar-refractivity contribution in [3.8, 4) is 6.07 Å². The lowest BCUT2D eigenvalue weighted by Gasteiger charge is -2.24. The highest BCUT2D eigenvalue weighted by atomic mass is 32.2. The Bertz CT molecular complexity index is 632. The van der Waals surface area contributed by atoms with Crippen molar-refractivity contribution in [1.82, 2.24) is 4.72 Å². The molecule has 6 nitrogen and oxygen atoms in total. The summed E-state index contributed by atoms with van der Waals surface area (Å²) in [7, 11) is -2.19. The van der Waals surface area contributed by atoms with Crippen molar-refractivity contribution in [3.63, 3.8) is 0 Å². The minimum Gasteiger partial charge on any atom is -0.398 e. The number of nitrogens with zero attached hydrogens (tertiary/aromatic N) is 2. The molecule has 0 saturated heterocycles.